The molecule has 0 unspecified atom stereocenters. The van der Waals surface area contributed by atoms with Gasteiger partial charge in [-0.15, -0.1) is 0 Å². The van der Waals surface area contributed by atoms with Crippen LogP contribution in [0.5, 0.6) is 5.75 Å². The third-order valence-corrected chi connectivity index (χ3v) is 2.35. The van der Waals surface area contributed by atoms with E-state index in [0.717, 1.165) is 5.76 Å². The van der Waals surface area contributed by atoms with E-state index in [1.165, 1.54) is 0 Å². The predicted octanol–water partition coefficient (Wildman–Crippen LogP) is 3.09. The summed E-state index contributed by atoms with van der Waals surface area (Å²) >= 11 is 5.84. The lowest BCUT2D eigenvalue weighted by Gasteiger charge is -2.05. The number of benzene rings is 1. The summed E-state index contributed by atoms with van der Waals surface area (Å²) in [4.78, 5) is 0. The molecule has 0 fully saturated rings. The van der Waals surface area contributed by atoms with Crippen molar-refractivity contribution >= 4 is 11.6 Å². The highest BCUT2D eigenvalue weighted by molar-refractivity contribution is 6.30. The summed E-state index contributed by atoms with van der Waals surface area (Å²) in [7, 11) is 0. The molecule has 1 aromatic heterocycles. The Bertz CT molecular complexity index is 572. The maximum Gasteiger partial charge on any atom is 0.139 e. The van der Waals surface area contributed by atoms with Gasteiger partial charge in [-0.3, -0.25) is 0 Å². The van der Waals surface area contributed by atoms with E-state index in [4.69, 9.17) is 26.1 Å². The first kappa shape index (κ1) is 11.5. The van der Waals surface area contributed by atoms with Gasteiger partial charge in [0, 0.05) is 17.2 Å². The maximum absolute atomic E-state index is 8.90. The zero-order valence-corrected chi connectivity index (χ0v) is 9.86. The molecule has 17 heavy (non-hydrogen) atoms. The Morgan fingerprint density at radius 3 is 2.94 bits per heavy atom. The van der Waals surface area contributed by atoms with E-state index in [-0.39, 0.29) is 6.61 Å². The smallest absolute Gasteiger partial charge is 0.139 e. The quantitative estimate of drug-likeness (QED) is 0.838. The van der Waals surface area contributed by atoms with E-state index in [1.807, 2.05) is 6.07 Å². The molecule has 2 aromatic rings. The molecule has 0 amide bonds. The fourth-order valence-corrected chi connectivity index (χ4v) is 1.51. The molecule has 0 aliphatic rings. The zero-order chi connectivity index (χ0) is 12.3. The van der Waals surface area contributed by atoms with E-state index in [9.17, 15) is 0 Å². The minimum absolute atomic E-state index is 0.242. The number of aromatic nitrogens is 1. The second-order valence-electron chi connectivity index (χ2n) is 3.47. The molecule has 0 aliphatic carbocycles. The topological polar surface area (TPSA) is 59.0 Å². The van der Waals surface area contributed by atoms with Crippen LogP contribution in [0.25, 0.3) is 0 Å². The van der Waals surface area contributed by atoms with Gasteiger partial charge >= 0.3 is 0 Å². The van der Waals surface area contributed by atoms with Crippen LogP contribution in [0.4, 0.5) is 0 Å². The second-order valence-corrected chi connectivity index (χ2v) is 3.91. The van der Waals surface area contributed by atoms with Crippen LogP contribution in [0.1, 0.15) is 17.0 Å². The molecule has 1 aromatic carbocycles. The normalized spacial score (nSPS) is 9.94. The molecule has 0 spiro atoms. The first-order chi connectivity index (χ1) is 8.19. The highest BCUT2D eigenvalue weighted by Gasteiger charge is 2.06. The molecular weight excluding hydrogens is 240 g/mol. The Balaban J connectivity index is 2.13. The Morgan fingerprint density at radius 1 is 1.47 bits per heavy atom. The summed E-state index contributed by atoms with van der Waals surface area (Å²) in [5.74, 6) is 1.16. The largest absolute Gasteiger partial charge is 0.486 e. The molecule has 86 valence electrons. The first-order valence-electron chi connectivity index (χ1n) is 4.93. The van der Waals surface area contributed by atoms with Crippen molar-refractivity contribution in [2.45, 2.75) is 13.5 Å². The number of hydrogen-bond acceptors (Lipinski definition) is 4. The fraction of sp³-hybridized carbons (Fsp3) is 0.167. The Labute approximate surface area is 103 Å². The van der Waals surface area contributed by atoms with Crippen molar-refractivity contribution in [1.82, 2.24) is 5.16 Å². The average Bonchev–Trinajstić information content (AvgIpc) is 2.73. The Hall–Kier alpha value is -1.99. The van der Waals surface area contributed by atoms with Gasteiger partial charge in [-0.1, -0.05) is 16.8 Å². The minimum atomic E-state index is 0.242. The van der Waals surface area contributed by atoms with Gasteiger partial charge in [-0.2, -0.15) is 5.26 Å². The van der Waals surface area contributed by atoms with Crippen LogP contribution in [-0.2, 0) is 6.61 Å². The highest BCUT2D eigenvalue weighted by Crippen LogP contribution is 2.23. The van der Waals surface area contributed by atoms with Crippen molar-refractivity contribution in [3.05, 3.63) is 46.3 Å². The number of ether oxygens (including phenoxy) is 1. The molecule has 0 saturated carbocycles. The molecule has 2 rings (SSSR count). The molecule has 4 nitrogen and oxygen atoms in total. The lowest BCUT2D eigenvalue weighted by molar-refractivity contribution is 0.287. The van der Waals surface area contributed by atoms with Crippen LogP contribution in [0.2, 0.25) is 5.02 Å². The molecule has 0 aliphatic heterocycles. The molecular formula is C12H9ClN2O2. The number of rotatable bonds is 3. The minimum Gasteiger partial charge on any atom is -0.486 e. The van der Waals surface area contributed by atoms with Crippen LogP contribution in [0, 0.1) is 18.3 Å². The van der Waals surface area contributed by atoms with E-state index in [2.05, 4.69) is 5.16 Å². The van der Waals surface area contributed by atoms with Crippen LogP contribution in [0.3, 0.4) is 0 Å². The number of hydrogen-bond donors (Lipinski definition) is 0. The van der Waals surface area contributed by atoms with Gasteiger partial charge in [0.2, 0.25) is 0 Å². The van der Waals surface area contributed by atoms with Crippen molar-refractivity contribution < 1.29 is 9.26 Å². The van der Waals surface area contributed by atoms with Crippen molar-refractivity contribution in [2.75, 3.05) is 0 Å². The highest BCUT2D eigenvalue weighted by atomic mass is 35.5. The standard InChI is InChI=1S/C12H9ClN2O2/c1-8-4-11(15-17-8)7-16-12-5-10(13)3-2-9(12)6-14/h2-5H,7H2,1H3. The van der Waals surface area contributed by atoms with Gasteiger partial charge in [0.05, 0.1) is 5.56 Å². The van der Waals surface area contributed by atoms with E-state index < -0.39 is 0 Å². The molecule has 5 heteroatoms. The van der Waals surface area contributed by atoms with E-state index in [0.29, 0.717) is 22.0 Å². The van der Waals surface area contributed by atoms with Gasteiger partial charge in [0.25, 0.3) is 0 Å². The van der Waals surface area contributed by atoms with Gasteiger partial charge in [0.15, 0.2) is 0 Å². The monoisotopic (exact) mass is 248 g/mol. The zero-order valence-electron chi connectivity index (χ0n) is 9.11. The number of nitriles is 1. The summed E-state index contributed by atoms with van der Waals surface area (Å²) in [6, 6.07) is 8.68. The maximum atomic E-state index is 8.90. The third-order valence-electron chi connectivity index (χ3n) is 2.12. The summed E-state index contributed by atoms with van der Waals surface area (Å²) in [5, 5.41) is 13.2. The lowest BCUT2D eigenvalue weighted by Crippen LogP contribution is -1.97. The molecule has 0 N–H and O–H groups in total. The number of aryl methyl sites for hydroxylation is 1. The molecule has 0 saturated heterocycles. The SMILES string of the molecule is Cc1cc(COc2cc(Cl)ccc2C#N)no1. The molecule has 0 atom stereocenters. The van der Waals surface area contributed by atoms with Crippen molar-refractivity contribution in [2.24, 2.45) is 0 Å². The van der Waals surface area contributed by atoms with Crippen LogP contribution in [-0.4, -0.2) is 5.16 Å². The van der Waals surface area contributed by atoms with Gasteiger partial charge in [-0.25, -0.2) is 0 Å². The predicted molar refractivity (Wildman–Crippen MR) is 61.7 cm³/mol. The lowest BCUT2D eigenvalue weighted by atomic mass is 10.2. The van der Waals surface area contributed by atoms with Gasteiger partial charge < -0.3 is 9.26 Å². The summed E-state index contributed by atoms with van der Waals surface area (Å²) in [5.41, 5.74) is 1.11. The first-order valence-corrected chi connectivity index (χ1v) is 5.31. The van der Waals surface area contributed by atoms with Crippen molar-refractivity contribution in [3.8, 4) is 11.8 Å². The summed E-state index contributed by atoms with van der Waals surface area (Å²) in [6.07, 6.45) is 0. The Kier molecular flexibility index (Phi) is 3.31. The van der Waals surface area contributed by atoms with Gasteiger partial charge in [-0.05, 0) is 19.1 Å². The second kappa shape index (κ2) is 4.89. The van der Waals surface area contributed by atoms with Crippen LogP contribution >= 0.6 is 11.6 Å². The average molecular weight is 249 g/mol. The summed E-state index contributed by atoms with van der Waals surface area (Å²) in [6.45, 7) is 2.04. The Morgan fingerprint density at radius 2 is 2.29 bits per heavy atom. The summed E-state index contributed by atoms with van der Waals surface area (Å²) < 4.78 is 10.4. The molecule has 0 bridgehead atoms. The number of halogens is 1. The van der Waals surface area contributed by atoms with E-state index >= 15 is 0 Å². The van der Waals surface area contributed by atoms with Gasteiger partial charge in [0.1, 0.15) is 29.9 Å². The van der Waals surface area contributed by atoms with Crippen LogP contribution in [0.15, 0.2) is 28.8 Å². The third kappa shape index (κ3) is 2.77. The van der Waals surface area contributed by atoms with E-state index in [1.54, 1.807) is 31.2 Å². The fourth-order valence-electron chi connectivity index (χ4n) is 1.35. The van der Waals surface area contributed by atoms with Crippen LogP contribution < -0.4 is 4.74 Å². The van der Waals surface area contributed by atoms with Crippen molar-refractivity contribution in [3.63, 3.8) is 0 Å². The molecule has 0 radical (unpaired) electrons. The molecule has 1 heterocycles. The van der Waals surface area contributed by atoms with Crippen molar-refractivity contribution in [1.29, 1.82) is 5.26 Å². The number of nitrogens with zero attached hydrogens (tertiary/aromatic N) is 2.